The summed E-state index contributed by atoms with van der Waals surface area (Å²) in [5.74, 6) is -0.242. The summed E-state index contributed by atoms with van der Waals surface area (Å²) in [5.41, 5.74) is 0. The van der Waals surface area contributed by atoms with Gasteiger partial charge in [-0.15, -0.1) is 0 Å². The Kier molecular flexibility index (Phi) is 12.7. The fourth-order valence-corrected chi connectivity index (χ4v) is 1.78. The van der Waals surface area contributed by atoms with Crippen LogP contribution in [0, 0.1) is 0 Å². The maximum atomic E-state index is 10.5. The van der Waals surface area contributed by atoms with Crippen LogP contribution in [0.4, 0.5) is 0 Å². The summed E-state index contributed by atoms with van der Waals surface area (Å²) in [6.07, 6.45) is 16.6. The van der Waals surface area contributed by atoms with Gasteiger partial charge < -0.3 is 4.74 Å². The lowest BCUT2D eigenvalue weighted by Crippen LogP contribution is -1.89. The van der Waals surface area contributed by atoms with Gasteiger partial charge in [-0.1, -0.05) is 58.3 Å². The first kappa shape index (κ1) is 16.2. The Morgan fingerprint density at radius 3 is 2.00 bits per heavy atom. The molecule has 0 aromatic heterocycles. The zero-order valence-electron chi connectivity index (χ0n) is 11.5. The molecule has 0 radical (unpaired) electrons. The van der Waals surface area contributed by atoms with E-state index < -0.39 is 0 Å². The standard InChI is InChI=1S/C15H28O2/c1-3-4-5-6-7-8-9-10-11-12-13-14-17-15(2)16/h13-14H,3-12H2,1-2H3/b14-13-. The number of unbranched alkanes of at least 4 members (excludes halogenated alkanes) is 9. The zero-order chi connectivity index (χ0) is 12.8. The summed E-state index contributed by atoms with van der Waals surface area (Å²) < 4.78 is 4.70. The Labute approximate surface area is 106 Å². The Morgan fingerprint density at radius 1 is 0.941 bits per heavy atom. The average molecular weight is 240 g/mol. The molecule has 0 aliphatic rings. The van der Waals surface area contributed by atoms with Crippen molar-refractivity contribution in [3.05, 3.63) is 12.3 Å². The van der Waals surface area contributed by atoms with Crippen molar-refractivity contribution in [3.8, 4) is 0 Å². The van der Waals surface area contributed by atoms with Crippen molar-refractivity contribution in [1.29, 1.82) is 0 Å². The molecular formula is C15H28O2. The second kappa shape index (κ2) is 13.3. The fourth-order valence-electron chi connectivity index (χ4n) is 1.78. The molecule has 0 saturated carbocycles. The lowest BCUT2D eigenvalue weighted by atomic mass is 10.1. The quantitative estimate of drug-likeness (QED) is 0.289. The van der Waals surface area contributed by atoms with Crippen LogP contribution >= 0.6 is 0 Å². The lowest BCUT2D eigenvalue weighted by molar-refractivity contribution is -0.135. The normalized spacial score (nSPS) is 10.9. The van der Waals surface area contributed by atoms with E-state index in [2.05, 4.69) is 6.92 Å². The Morgan fingerprint density at radius 2 is 1.47 bits per heavy atom. The third kappa shape index (κ3) is 15.2. The maximum Gasteiger partial charge on any atom is 0.307 e. The number of ether oxygens (including phenoxy) is 1. The van der Waals surface area contributed by atoms with Gasteiger partial charge in [0.2, 0.25) is 0 Å². The van der Waals surface area contributed by atoms with Crippen molar-refractivity contribution >= 4 is 5.97 Å². The van der Waals surface area contributed by atoms with Crippen molar-refractivity contribution in [2.75, 3.05) is 0 Å². The number of carbonyl (C=O) groups is 1. The van der Waals surface area contributed by atoms with E-state index in [-0.39, 0.29) is 5.97 Å². The van der Waals surface area contributed by atoms with Crippen LogP contribution in [0.3, 0.4) is 0 Å². The minimum absolute atomic E-state index is 0.242. The van der Waals surface area contributed by atoms with Crippen LogP contribution in [0.2, 0.25) is 0 Å². The largest absolute Gasteiger partial charge is 0.435 e. The van der Waals surface area contributed by atoms with Crippen molar-refractivity contribution < 1.29 is 9.53 Å². The second-order valence-corrected chi connectivity index (χ2v) is 4.60. The molecule has 0 rings (SSSR count). The van der Waals surface area contributed by atoms with Crippen molar-refractivity contribution in [1.82, 2.24) is 0 Å². The number of carbonyl (C=O) groups excluding carboxylic acids is 1. The highest BCUT2D eigenvalue weighted by molar-refractivity contribution is 5.66. The molecule has 0 aliphatic carbocycles. The highest BCUT2D eigenvalue weighted by Gasteiger charge is 1.91. The predicted molar refractivity (Wildman–Crippen MR) is 72.8 cm³/mol. The second-order valence-electron chi connectivity index (χ2n) is 4.60. The fraction of sp³-hybridized carbons (Fsp3) is 0.800. The number of hydrogen-bond donors (Lipinski definition) is 0. The van der Waals surface area contributed by atoms with E-state index in [1.807, 2.05) is 6.08 Å². The highest BCUT2D eigenvalue weighted by atomic mass is 16.5. The third-order valence-electron chi connectivity index (χ3n) is 2.80. The van der Waals surface area contributed by atoms with E-state index in [1.54, 1.807) is 0 Å². The molecule has 0 heterocycles. The molecule has 0 amide bonds. The first-order chi connectivity index (χ1) is 8.27. The lowest BCUT2D eigenvalue weighted by Gasteiger charge is -2.00. The molecule has 0 N–H and O–H groups in total. The first-order valence-corrected chi connectivity index (χ1v) is 7.09. The molecule has 0 aromatic carbocycles. The molecule has 0 fully saturated rings. The van der Waals surface area contributed by atoms with E-state index in [0.29, 0.717) is 0 Å². The number of allylic oxidation sites excluding steroid dienone is 1. The van der Waals surface area contributed by atoms with Gasteiger partial charge in [0.15, 0.2) is 0 Å². The van der Waals surface area contributed by atoms with Gasteiger partial charge in [-0.05, 0) is 18.9 Å². The predicted octanol–water partition coefficient (Wildman–Crippen LogP) is 4.98. The van der Waals surface area contributed by atoms with Gasteiger partial charge in [0.05, 0.1) is 6.26 Å². The Hall–Kier alpha value is -0.790. The molecule has 0 aromatic rings. The molecule has 0 unspecified atom stereocenters. The maximum absolute atomic E-state index is 10.5. The van der Waals surface area contributed by atoms with Crippen molar-refractivity contribution in [2.24, 2.45) is 0 Å². The number of rotatable bonds is 11. The molecule has 0 aliphatic heterocycles. The number of hydrogen-bond acceptors (Lipinski definition) is 2. The molecule has 0 bridgehead atoms. The molecule has 17 heavy (non-hydrogen) atoms. The van der Waals surface area contributed by atoms with Crippen LogP contribution in [-0.4, -0.2) is 5.97 Å². The molecule has 2 nitrogen and oxygen atoms in total. The summed E-state index contributed by atoms with van der Waals surface area (Å²) >= 11 is 0. The van der Waals surface area contributed by atoms with Gasteiger partial charge in [0, 0.05) is 6.92 Å². The summed E-state index contributed by atoms with van der Waals surface area (Å²) in [5, 5.41) is 0. The van der Waals surface area contributed by atoms with Crippen LogP contribution in [0.15, 0.2) is 12.3 Å². The van der Waals surface area contributed by atoms with E-state index >= 15 is 0 Å². The van der Waals surface area contributed by atoms with Crippen molar-refractivity contribution in [2.45, 2.75) is 78.1 Å². The van der Waals surface area contributed by atoms with Gasteiger partial charge in [-0.25, -0.2) is 0 Å². The average Bonchev–Trinajstić information content (AvgIpc) is 2.30. The smallest absolute Gasteiger partial charge is 0.307 e. The molecular weight excluding hydrogens is 212 g/mol. The van der Waals surface area contributed by atoms with Crippen LogP contribution in [0.25, 0.3) is 0 Å². The first-order valence-electron chi connectivity index (χ1n) is 7.09. The summed E-state index contributed by atoms with van der Waals surface area (Å²) in [4.78, 5) is 10.5. The van der Waals surface area contributed by atoms with Crippen LogP contribution < -0.4 is 0 Å². The minimum atomic E-state index is -0.242. The molecule has 0 saturated heterocycles. The number of esters is 1. The molecule has 2 heteroatoms. The monoisotopic (exact) mass is 240 g/mol. The van der Waals surface area contributed by atoms with Crippen LogP contribution in [0.1, 0.15) is 78.1 Å². The minimum Gasteiger partial charge on any atom is -0.435 e. The van der Waals surface area contributed by atoms with Gasteiger partial charge in [-0.3, -0.25) is 4.79 Å². The van der Waals surface area contributed by atoms with Gasteiger partial charge in [-0.2, -0.15) is 0 Å². The topological polar surface area (TPSA) is 26.3 Å². The van der Waals surface area contributed by atoms with Crippen molar-refractivity contribution in [3.63, 3.8) is 0 Å². The van der Waals surface area contributed by atoms with Crippen LogP contribution in [-0.2, 0) is 9.53 Å². The summed E-state index contributed by atoms with van der Waals surface area (Å²) in [6, 6.07) is 0. The van der Waals surface area contributed by atoms with Gasteiger partial charge in [0.25, 0.3) is 0 Å². The van der Waals surface area contributed by atoms with E-state index in [1.165, 1.54) is 71.0 Å². The summed E-state index contributed by atoms with van der Waals surface area (Å²) in [7, 11) is 0. The van der Waals surface area contributed by atoms with Crippen LogP contribution in [0.5, 0.6) is 0 Å². The van der Waals surface area contributed by atoms with Gasteiger partial charge in [0.1, 0.15) is 0 Å². The Bertz CT molecular complexity index is 197. The summed E-state index contributed by atoms with van der Waals surface area (Å²) in [6.45, 7) is 3.67. The molecule has 0 spiro atoms. The Balaban J connectivity index is 3.03. The van der Waals surface area contributed by atoms with E-state index in [0.717, 1.165) is 6.42 Å². The SMILES string of the molecule is CCCCCCCCCCC/C=C\OC(C)=O. The highest BCUT2D eigenvalue weighted by Crippen LogP contribution is 2.10. The van der Waals surface area contributed by atoms with E-state index in [4.69, 9.17) is 4.74 Å². The third-order valence-corrected chi connectivity index (χ3v) is 2.80. The molecule has 0 atom stereocenters. The zero-order valence-corrected chi connectivity index (χ0v) is 11.5. The van der Waals surface area contributed by atoms with E-state index in [9.17, 15) is 4.79 Å². The molecule has 100 valence electrons. The van der Waals surface area contributed by atoms with Gasteiger partial charge >= 0.3 is 5.97 Å².